The van der Waals surface area contributed by atoms with Gasteiger partial charge in [-0.1, -0.05) is 6.92 Å². The fourth-order valence-corrected chi connectivity index (χ4v) is 1.99. The zero-order chi connectivity index (χ0) is 10.2. The molecule has 0 saturated heterocycles. The van der Waals surface area contributed by atoms with Crippen molar-refractivity contribution >= 4 is 11.7 Å². The van der Waals surface area contributed by atoms with Crippen LogP contribution in [0.1, 0.15) is 32.6 Å². The molecule has 1 amide bonds. The van der Waals surface area contributed by atoms with Crippen LogP contribution >= 0.6 is 0 Å². The maximum atomic E-state index is 11.4. The van der Waals surface area contributed by atoms with Crippen LogP contribution in [0, 0.1) is 0 Å². The number of ether oxygens (including phenoxy) is 1. The average Bonchev–Trinajstić information content (AvgIpc) is 2.46. The van der Waals surface area contributed by atoms with Gasteiger partial charge in [-0.05, 0) is 25.7 Å². The predicted molar refractivity (Wildman–Crippen MR) is 53.2 cm³/mol. The molecule has 2 aliphatic rings. The Balaban J connectivity index is 2.15. The number of nitrogens with zero attached hydrogens (tertiary/aromatic N) is 1. The lowest BCUT2D eigenvalue weighted by molar-refractivity contribution is -0.120. The molecule has 14 heavy (non-hydrogen) atoms. The first-order chi connectivity index (χ1) is 6.72. The van der Waals surface area contributed by atoms with Crippen LogP contribution in [0.3, 0.4) is 0 Å². The number of hydrogen-bond acceptors (Lipinski definition) is 3. The Morgan fingerprint density at radius 2 is 2.36 bits per heavy atom. The van der Waals surface area contributed by atoms with E-state index in [2.05, 4.69) is 10.3 Å². The van der Waals surface area contributed by atoms with Gasteiger partial charge in [-0.2, -0.15) is 0 Å². The van der Waals surface area contributed by atoms with Gasteiger partial charge in [-0.25, -0.2) is 0 Å². The van der Waals surface area contributed by atoms with Gasteiger partial charge >= 0.3 is 0 Å². The largest absolute Gasteiger partial charge is 0.370 e. The monoisotopic (exact) mass is 196 g/mol. The van der Waals surface area contributed by atoms with Crippen LogP contribution in [0.15, 0.2) is 4.99 Å². The molecular formula is C10H16N2O2. The summed E-state index contributed by atoms with van der Waals surface area (Å²) >= 11 is 0. The molecule has 1 aliphatic carbocycles. The molecule has 78 valence electrons. The van der Waals surface area contributed by atoms with Crippen LogP contribution in [-0.4, -0.2) is 30.5 Å². The second-order valence-corrected chi connectivity index (χ2v) is 3.94. The van der Waals surface area contributed by atoms with Gasteiger partial charge in [-0.3, -0.25) is 9.79 Å². The summed E-state index contributed by atoms with van der Waals surface area (Å²) in [5.41, 5.74) is -0.278. The summed E-state index contributed by atoms with van der Waals surface area (Å²) in [7, 11) is 1.69. The SMILES string of the molecule is CCC1N=C(C2(OC)CCC2)NC1=O. The van der Waals surface area contributed by atoms with E-state index in [4.69, 9.17) is 4.74 Å². The van der Waals surface area contributed by atoms with Crippen LogP contribution in [0.4, 0.5) is 0 Å². The summed E-state index contributed by atoms with van der Waals surface area (Å²) in [4.78, 5) is 15.8. The second kappa shape index (κ2) is 3.35. The third-order valence-electron chi connectivity index (χ3n) is 3.20. The normalized spacial score (nSPS) is 29.4. The molecule has 4 heteroatoms. The van der Waals surface area contributed by atoms with Crippen molar-refractivity contribution in [3.8, 4) is 0 Å². The van der Waals surface area contributed by atoms with Crippen LogP contribution in [0.25, 0.3) is 0 Å². The maximum Gasteiger partial charge on any atom is 0.250 e. The molecule has 1 aliphatic heterocycles. The van der Waals surface area contributed by atoms with E-state index in [9.17, 15) is 4.79 Å². The molecule has 4 nitrogen and oxygen atoms in total. The summed E-state index contributed by atoms with van der Waals surface area (Å²) in [6.45, 7) is 1.97. The molecule has 2 rings (SSSR count). The molecule has 1 saturated carbocycles. The van der Waals surface area contributed by atoms with Crippen LogP contribution in [-0.2, 0) is 9.53 Å². The minimum absolute atomic E-state index is 0.0193. The lowest BCUT2D eigenvalue weighted by atomic mass is 9.79. The van der Waals surface area contributed by atoms with Crippen molar-refractivity contribution < 1.29 is 9.53 Å². The van der Waals surface area contributed by atoms with Crippen molar-refractivity contribution in [3.05, 3.63) is 0 Å². The smallest absolute Gasteiger partial charge is 0.250 e. The first-order valence-electron chi connectivity index (χ1n) is 5.16. The van der Waals surface area contributed by atoms with Crippen molar-refractivity contribution in [2.24, 2.45) is 4.99 Å². The Morgan fingerprint density at radius 3 is 2.71 bits per heavy atom. The average molecular weight is 196 g/mol. The number of hydrogen-bond donors (Lipinski definition) is 1. The van der Waals surface area contributed by atoms with E-state index in [0.717, 1.165) is 31.5 Å². The molecule has 0 aromatic rings. The third-order valence-corrected chi connectivity index (χ3v) is 3.20. The van der Waals surface area contributed by atoms with Gasteiger partial charge in [0.15, 0.2) is 0 Å². The van der Waals surface area contributed by atoms with Crippen LogP contribution < -0.4 is 5.32 Å². The van der Waals surface area contributed by atoms with Gasteiger partial charge in [0, 0.05) is 7.11 Å². The van der Waals surface area contributed by atoms with Gasteiger partial charge in [-0.15, -0.1) is 0 Å². The fraction of sp³-hybridized carbons (Fsp3) is 0.800. The molecule has 1 unspecified atom stereocenters. The Hall–Kier alpha value is -0.900. The topological polar surface area (TPSA) is 50.7 Å². The van der Waals surface area contributed by atoms with Crippen molar-refractivity contribution in [3.63, 3.8) is 0 Å². The van der Waals surface area contributed by atoms with E-state index >= 15 is 0 Å². The number of methoxy groups -OCH3 is 1. The number of aliphatic imine (C=N–C) groups is 1. The minimum Gasteiger partial charge on any atom is -0.370 e. The number of carbonyl (C=O) groups is 1. The first-order valence-corrected chi connectivity index (χ1v) is 5.16. The molecule has 1 fully saturated rings. The molecule has 0 spiro atoms. The molecule has 1 heterocycles. The number of amides is 1. The lowest BCUT2D eigenvalue weighted by Gasteiger charge is -2.39. The maximum absolute atomic E-state index is 11.4. The van der Waals surface area contributed by atoms with E-state index in [1.165, 1.54) is 0 Å². The summed E-state index contributed by atoms with van der Waals surface area (Å²) in [5, 5.41) is 2.83. The van der Waals surface area contributed by atoms with E-state index < -0.39 is 0 Å². The van der Waals surface area contributed by atoms with Crippen molar-refractivity contribution in [1.29, 1.82) is 0 Å². The summed E-state index contributed by atoms with van der Waals surface area (Å²) in [6.07, 6.45) is 3.85. The fourth-order valence-electron chi connectivity index (χ4n) is 1.99. The zero-order valence-electron chi connectivity index (χ0n) is 8.67. The highest BCUT2D eigenvalue weighted by Crippen LogP contribution is 2.37. The molecule has 0 radical (unpaired) electrons. The second-order valence-electron chi connectivity index (χ2n) is 3.94. The van der Waals surface area contributed by atoms with Gasteiger partial charge in [0.1, 0.15) is 17.5 Å². The predicted octanol–water partition coefficient (Wildman–Crippen LogP) is 0.862. The quantitative estimate of drug-likeness (QED) is 0.728. The Labute approximate surface area is 83.7 Å². The Kier molecular flexibility index (Phi) is 2.31. The number of nitrogens with one attached hydrogen (secondary N) is 1. The Morgan fingerprint density at radius 1 is 1.64 bits per heavy atom. The zero-order valence-corrected chi connectivity index (χ0v) is 8.67. The molecular weight excluding hydrogens is 180 g/mol. The van der Waals surface area contributed by atoms with Crippen LogP contribution in [0.2, 0.25) is 0 Å². The summed E-state index contributed by atoms with van der Waals surface area (Å²) < 4.78 is 5.45. The van der Waals surface area contributed by atoms with Gasteiger partial charge in [0.25, 0.3) is 0 Å². The highest BCUT2D eigenvalue weighted by Gasteiger charge is 2.46. The highest BCUT2D eigenvalue weighted by molar-refractivity contribution is 6.09. The number of rotatable bonds is 3. The van der Waals surface area contributed by atoms with E-state index in [1.54, 1.807) is 7.11 Å². The van der Waals surface area contributed by atoms with Crippen molar-refractivity contribution in [2.75, 3.05) is 7.11 Å². The lowest BCUT2D eigenvalue weighted by Crippen LogP contribution is -2.52. The van der Waals surface area contributed by atoms with Gasteiger partial charge in [0.05, 0.1) is 0 Å². The van der Waals surface area contributed by atoms with Gasteiger partial charge < -0.3 is 10.1 Å². The van der Waals surface area contributed by atoms with E-state index in [-0.39, 0.29) is 17.6 Å². The van der Waals surface area contributed by atoms with Crippen molar-refractivity contribution in [1.82, 2.24) is 5.32 Å². The van der Waals surface area contributed by atoms with E-state index in [0.29, 0.717) is 0 Å². The Bertz CT molecular complexity index is 276. The van der Waals surface area contributed by atoms with Crippen molar-refractivity contribution in [2.45, 2.75) is 44.2 Å². The van der Waals surface area contributed by atoms with Gasteiger partial charge in [0.2, 0.25) is 5.91 Å². The first kappa shape index (κ1) is 9.65. The van der Waals surface area contributed by atoms with Crippen LogP contribution in [0.5, 0.6) is 0 Å². The molecule has 0 bridgehead atoms. The standard InChI is InChI=1S/C10H16N2O2/c1-3-7-8(13)12-9(11-7)10(14-2)5-4-6-10/h7H,3-6H2,1-2H3,(H,11,12,13). The van der Waals surface area contributed by atoms with E-state index in [1.807, 2.05) is 6.92 Å². The molecule has 1 N–H and O–H groups in total. The summed E-state index contributed by atoms with van der Waals surface area (Å²) in [5.74, 6) is 0.772. The number of amidine groups is 1. The third kappa shape index (κ3) is 1.25. The number of carbonyl (C=O) groups excluding carboxylic acids is 1. The molecule has 0 aromatic heterocycles. The molecule has 1 atom stereocenters. The minimum atomic E-state index is -0.278. The molecule has 0 aromatic carbocycles. The highest BCUT2D eigenvalue weighted by atomic mass is 16.5. The summed E-state index contributed by atoms with van der Waals surface area (Å²) in [6, 6.07) is -0.197.